The van der Waals surface area contributed by atoms with Crippen molar-refractivity contribution in [1.82, 2.24) is 15.7 Å². The maximum absolute atomic E-state index is 12.3. The van der Waals surface area contributed by atoms with Crippen molar-refractivity contribution < 1.29 is 31.9 Å². The van der Waals surface area contributed by atoms with Gasteiger partial charge in [0.2, 0.25) is 17.7 Å². The topological polar surface area (TPSA) is 78.6 Å². The van der Waals surface area contributed by atoms with E-state index in [2.05, 4.69) is 20.4 Å². The van der Waals surface area contributed by atoms with E-state index in [0.717, 1.165) is 0 Å². The molecule has 2 heterocycles. The lowest BCUT2D eigenvalue weighted by molar-refractivity contribution is -0.274. The number of aryl methyl sites for hydroxylation is 1. The van der Waals surface area contributed by atoms with Crippen LogP contribution in [-0.4, -0.2) is 16.6 Å². The minimum atomic E-state index is -4.74. The van der Waals surface area contributed by atoms with Gasteiger partial charge in [-0.2, -0.15) is 0 Å². The number of nitrogens with zero attached hydrogens (tertiary/aromatic N) is 2. The molecule has 0 saturated carbocycles. The van der Waals surface area contributed by atoms with Crippen LogP contribution in [0.3, 0.4) is 0 Å². The Bertz CT molecular complexity index is 1080. The highest BCUT2D eigenvalue weighted by Crippen LogP contribution is 2.34. The molecule has 0 unspecified atom stereocenters. The summed E-state index contributed by atoms with van der Waals surface area (Å²) in [6.07, 6.45) is -3.07. The Balaban J connectivity index is 1.49. The number of hydrogen-bond acceptors (Lipinski definition) is 7. The molecule has 156 valence electrons. The maximum Gasteiger partial charge on any atom is 0.573 e. The van der Waals surface area contributed by atoms with Gasteiger partial charge >= 0.3 is 6.36 Å². The molecule has 1 aromatic heterocycles. The molecule has 1 N–H and O–H groups in total. The highest BCUT2D eigenvalue weighted by molar-refractivity contribution is 5.55. The van der Waals surface area contributed by atoms with Gasteiger partial charge in [0, 0.05) is 18.6 Å². The molecule has 2 aromatic carbocycles. The smallest absolute Gasteiger partial charge is 0.439 e. The van der Waals surface area contributed by atoms with Crippen molar-refractivity contribution in [2.24, 2.45) is 0 Å². The molecule has 0 saturated heterocycles. The third-order valence-electron chi connectivity index (χ3n) is 4.27. The van der Waals surface area contributed by atoms with E-state index in [1.54, 1.807) is 38.1 Å². The lowest BCUT2D eigenvalue weighted by atomic mass is 9.96. The predicted octanol–water partition coefficient (Wildman–Crippen LogP) is 4.61. The molecule has 7 nitrogen and oxygen atoms in total. The van der Waals surface area contributed by atoms with E-state index in [4.69, 9.17) is 14.0 Å². The Labute approximate surface area is 169 Å². The van der Waals surface area contributed by atoms with E-state index in [-0.39, 0.29) is 5.75 Å². The van der Waals surface area contributed by atoms with Crippen LogP contribution in [0.2, 0.25) is 0 Å². The number of rotatable bonds is 5. The zero-order chi connectivity index (χ0) is 21.4. The van der Waals surface area contributed by atoms with Gasteiger partial charge in [-0.3, -0.25) is 4.84 Å². The number of ether oxygens (including phenoxy) is 2. The van der Waals surface area contributed by atoms with Gasteiger partial charge in [0.05, 0.1) is 0 Å². The molecular weight excluding hydrogens is 403 g/mol. The molecule has 0 fully saturated rings. The van der Waals surface area contributed by atoms with Gasteiger partial charge < -0.3 is 13.9 Å². The normalized spacial score (nSPS) is 18.6. The van der Waals surface area contributed by atoms with E-state index in [9.17, 15) is 13.2 Å². The maximum atomic E-state index is 12.3. The molecule has 1 aliphatic rings. The largest absolute Gasteiger partial charge is 0.573 e. The summed E-state index contributed by atoms with van der Waals surface area (Å²) in [4.78, 5) is 5.60. The fourth-order valence-corrected chi connectivity index (χ4v) is 2.88. The van der Waals surface area contributed by atoms with Crippen molar-refractivity contribution in [3.8, 4) is 23.0 Å². The average Bonchev–Trinajstić information content (AvgIpc) is 3.28. The summed E-state index contributed by atoms with van der Waals surface area (Å²) >= 11 is 0. The van der Waals surface area contributed by atoms with Crippen LogP contribution < -0.4 is 15.0 Å². The first-order valence-corrected chi connectivity index (χ1v) is 8.82. The van der Waals surface area contributed by atoms with Crippen LogP contribution in [0, 0.1) is 6.92 Å². The second-order valence-corrected chi connectivity index (χ2v) is 6.65. The van der Waals surface area contributed by atoms with Crippen LogP contribution in [0.15, 0.2) is 64.9 Å². The zero-order valence-corrected chi connectivity index (χ0v) is 15.9. The number of benzene rings is 2. The van der Waals surface area contributed by atoms with Gasteiger partial charge in [-0.15, -0.1) is 23.4 Å². The van der Waals surface area contributed by atoms with Crippen molar-refractivity contribution >= 4 is 0 Å². The monoisotopic (exact) mass is 419 g/mol. The van der Waals surface area contributed by atoms with Crippen LogP contribution in [0.5, 0.6) is 11.5 Å². The number of hydroxylamine groups is 1. The van der Waals surface area contributed by atoms with Gasteiger partial charge in [-0.25, -0.2) is 5.48 Å². The molecular formula is C20H16F3N3O4. The van der Waals surface area contributed by atoms with E-state index in [1.165, 1.54) is 24.3 Å². The Morgan fingerprint density at radius 1 is 1.03 bits per heavy atom. The van der Waals surface area contributed by atoms with E-state index >= 15 is 0 Å². The Kier molecular flexibility index (Phi) is 4.86. The predicted molar refractivity (Wildman–Crippen MR) is 97.9 cm³/mol. The number of aromatic nitrogens is 2. The third-order valence-corrected chi connectivity index (χ3v) is 4.27. The number of hydrogen-bond donors (Lipinski definition) is 1. The summed E-state index contributed by atoms with van der Waals surface area (Å²) in [7, 11) is 0. The molecule has 1 atom stereocenters. The quantitative estimate of drug-likeness (QED) is 0.647. The highest BCUT2D eigenvalue weighted by atomic mass is 19.4. The van der Waals surface area contributed by atoms with E-state index in [1.807, 2.05) is 6.07 Å². The Hall–Kier alpha value is -3.53. The summed E-state index contributed by atoms with van der Waals surface area (Å²) in [6.45, 7) is 3.44. The summed E-state index contributed by atoms with van der Waals surface area (Å²) in [5.41, 5.74) is 3.04. The molecule has 0 bridgehead atoms. The molecule has 30 heavy (non-hydrogen) atoms. The Morgan fingerprint density at radius 3 is 2.47 bits per heavy atom. The van der Waals surface area contributed by atoms with Crippen molar-refractivity contribution in [2.75, 3.05) is 0 Å². The minimum absolute atomic E-state index is 0.311. The SMILES string of the molecule is Cc1nnc(-c2cccc(OC3=C[C@](C)(c4ccc(OC(F)(F)F)cc4)ON3)c2)o1. The van der Waals surface area contributed by atoms with Crippen LogP contribution in [0.25, 0.3) is 11.5 Å². The molecule has 0 amide bonds. The molecule has 0 spiro atoms. The van der Waals surface area contributed by atoms with E-state index in [0.29, 0.717) is 34.5 Å². The summed E-state index contributed by atoms with van der Waals surface area (Å²) < 4.78 is 52.1. The first-order valence-electron chi connectivity index (χ1n) is 8.82. The van der Waals surface area contributed by atoms with E-state index < -0.39 is 12.0 Å². The van der Waals surface area contributed by atoms with Gasteiger partial charge in [0.1, 0.15) is 17.1 Å². The number of halogens is 3. The molecule has 0 aliphatic carbocycles. The first kappa shape index (κ1) is 19.8. The first-order chi connectivity index (χ1) is 14.2. The lowest BCUT2D eigenvalue weighted by Crippen LogP contribution is -2.23. The number of alkyl halides is 3. The minimum Gasteiger partial charge on any atom is -0.439 e. The van der Waals surface area contributed by atoms with Crippen molar-refractivity contribution in [3.05, 3.63) is 71.9 Å². The third kappa shape index (κ3) is 4.38. The van der Waals surface area contributed by atoms with Gasteiger partial charge in [0.25, 0.3) is 0 Å². The fraction of sp³-hybridized carbons (Fsp3) is 0.200. The summed E-state index contributed by atoms with van der Waals surface area (Å²) in [5, 5.41) is 7.77. The van der Waals surface area contributed by atoms with Crippen LogP contribution in [-0.2, 0) is 10.4 Å². The van der Waals surface area contributed by atoms with Crippen molar-refractivity contribution in [1.29, 1.82) is 0 Å². The van der Waals surface area contributed by atoms with Gasteiger partial charge in [-0.1, -0.05) is 18.2 Å². The molecule has 10 heteroatoms. The van der Waals surface area contributed by atoms with Crippen LogP contribution >= 0.6 is 0 Å². The summed E-state index contributed by atoms with van der Waals surface area (Å²) in [6, 6.07) is 12.5. The highest BCUT2D eigenvalue weighted by Gasteiger charge is 2.34. The van der Waals surface area contributed by atoms with Crippen LogP contribution in [0.4, 0.5) is 13.2 Å². The average molecular weight is 419 g/mol. The summed E-state index contributed by atoms with van der Waals surface area (Å²) in [5.74, 6) is 1.34. The molecule has 4 rings (SSSR count). The molecule has 0 radical (unpaired) electrons. The van der Waals surface area contributed by atoms with Gasteiger partial charge in [0.15, 0.2) is 0 Å². The van der Waals surface area contributed by atoms with Crippen molar-refractivity contribution in [3.63, 3.8) is 0 Å². The van der Waals surface area contributed by atoms with Crippen molar-refractivity contribution in [2.45, 2.75) is 25.8 Å². The second-order valence-electron chi connectivity index (χ2n) is 6.65. The van der Waals surface area contributed by atoms with Crippen LogP contribution in [0.1, 0.15) is 18.4 Å². The second kappa shape index (κ2) is 7.38. The fourth-order valence-electron chi connectivity index (χ4n) is 2.88. The Morgan fingerprint density at radius 2 is 1.80 bits per heavy atom. The zero-order valence-electron chi connectivity index (χ0n) is 15.9. The molecule has 3 aromatic rings. The lowest BCUT2D eigenvalue weighted by Gasteiger charge is -2.20. The van der Waals surface area contributed by atoms with Gasteiger partial charge in [-0.05, 0) is 42.8 Å². The molecule has 1 aliphatic heterocycles. The number of nitrogens with one attached hydrogen (secondary N) is 1. The standard InChI is InChI=1S/C20H16F3N3O4/c1-12-24-25-18(27-12)13-4-3-5-16(10-13)28-17-11-19(2,30-26-17)14-6-8-15(9-7-14)29-20(21,22)23/h3-11,26H,1-2H3/t19-/m1/s1.